The van der Waals surface area contributed by atoms with Crippen molar-refractivity contribution >= 4 is 17.6 Å². The van der Waals surface area contributed by atoms with Gasteiger partial charge in [-0.2, -0.15) is 13.2 Å². The van der Waals surface area contributed by atoms with E-state index in [2.05, 4.69) is 20.9 Å². The third-order valence-electron chi connectivity index (χ3n) is 4.81. The first kappa shape index (κ1) is 24.2. The summed E-state index contributed by atoms with van der Waals surface area (Å²) in [7, 11) is 0. The molecular formula is C22H23F3N4O4. The van der Waals surface area contributed by atoms with E-state index in [1.807, 2.05) is 6.07 Å². The number of benzene rings is 1. The highest BCUT2D eigenvalue weighted by atomic mass is 19.4. The van der Waals surface area contributed by atoms with Gasteiger partial charge in [-0.25, -0.2) is 4.79 Å². The molecule has 3 amide bonds. The van der Waals surface area contributed by atoms with Crippen LogP contribution in [0.4, 0.5) is 23.7 Å². The number of halogens is 3. The van der Waals surface area contributed by atoms with Crippen LogP contribution in [0.15, 0.2) is 60.8 Å². The molecule has 0 radical (unpaired) electrons. The highest BCUT2D eigenvalue weighted by Crippen LogP contribution is 2.29. The first-order valence-electron chi connectivity index (χ1n) is 10.1. The number of carbonyl (C=O) groups excluding carboxylic acids is 2. The van der Waals surface area contributed by atoms with E-state index in [0.717, 1.165) is 24.3 Å². The minimum atomic E-state index is -4.47. The standard InChI is InChI=1S/C22H23F3N4O4/c23-22(24,25)14-4-6-15(7-5-14)28-21(32)29-18-9-8-17(33-19(18)13-30)11-20(31)27-12-16-3-1-2-10-26-16/h1-10,17-19,30H,11-13H2,(H,27,31)(H2,28,29,32)/t17-,18-,19+/m1/s1. The number of nitrogens with one attached hydrogen (secondary N) is 3. The summed E-state index contributed by atoms with van der Waals surface area (Å²) in [6.45, 7) is -0.143. The zero-order chi connectivity index (χ0) is 23.8. The molecule has 8 nitrogen and oxygen atoms in total. The summed E-state index contributed by atoms with van der Waals surface area (Å²) in [5, 5.41) is 17.4. The number of pyridine rings is 1. The second kappa shape index (κ2) is 10.9. The summed E-state index contributed by atoms with van der Waals surface area (Å²) < 4.78 is 43.6. The summed E-state index contributed by atoms with van der Waals surface area (Å²) in [6, 6.07) is 7.99. The summed E-state index contributed by atoms with van der Waals surface area (Å²) in [5.41, 5.74) is 0.0549. The second-order valence-corrected chi connectivity index (χ2v) is 7.28. The predicted molar refractivity (Wildman–Crippen MR) is 113 cm³/mol. The lowest BCUT2D eigenvalue weighted by atomic mass is 10.0. The summed E-state index contributed by atoms with van der Waals surface area (Å²) in [4.78, 5) is 28.5. The van der Waals surface area contributed by atoms with Crippen LogP contribution in [0.5, 0.6) is 0 Å². The minimum Gasteiger partial charge on any atom is -0.394 e. The molecular weight excluding hydrogens is 441 g/mol. The van der Waals surface area contributed by atoms with Crippen LogP contribution in [0, 0.1) is 0 Å². The number of nitrogens with zero attached hydrogens (tertiary/aromatic N) is 1. The van der Waals surface area contributed by atoms with E-state index in [1.54, 1.807) is 30.5 Å². The van der Waals surface area contributed by atoms with Crippen LogP contribution in [0.1, 0.15) is 17.7 Å². The molecule has 4 N–H and O–H groups in total. The number of aromatic nitrogens is 1. The molecule has 0 fully saturated rings. The van der Waals surface area contributed by atoms with E-state index in [9.17, 15) is 27.9 Å². The number of alkyl halides is 3. The van der Waals surface area contributed by atoms with Gasteiger partial charge in [0.15, 0.2) is 0 Å². The Morgan fingerprint density at radius 3 is 2.48 bits per heavy atom. The van der Waals surface area contributed by atoms with Crippen molar-refractivity contribution in [3.63, 3.8) is 0 Å². The molecule has 3 atom stereocenters. The Morgan fingerprint density at radius 2 is 1.85 bits per heavy atom. The van der Waals surface area contributed by atoms with Crippen LogP contribution in [0.2, 0.25) is 0 Å². The molecule has 0 bridgehead atoms. The molecule has 1 aliphatic heterocycles. The van der Waals surface area contributed by atoms with Gasteiger partial charge in [-0.1, -0.05) is 18.2 Å². The smallest absolute Gasteiger partial charge is 0.394 e. The maximum absolute atomic E-state index is 12.6. The predicted octanol–water partition coefficient (Wildman–Crippen LogP) is 2.61. The maximum atomic E-state index is 12.6. The van der Waals surface area contributed by atoms with Crippen molar-refractivity contribution in [2.75, 3.05) is 11.9 Å². The molecule has 1 aromatic carbocycles. The Morgan fingerprint density at radius 1 is 1.09 bits per heavy atom. The Hall–Kier alpha value is -3.44. The van der Waals surface area contributed by atoms with Crippen molar-refractivity contribution in [2.24, 2.45) is 0 Å². The normalized spacial score (nSPS) is 20.2. The molecule has 0 spiro atoms. The fraction of sp³-hybridized carbons (Fsp3) is 0.318. The van der Waals surface area contributed by atoms with Gasteiger partial charge in [0.25, 0.3) is 0 Å². The van der Waals surface area contributed by atoms with E-state index in [1.165, 1.54) is 0 Å². The summed E-state index contributed by atoms with van der Waals surface area (Å²) in [6.07, 6.45) is -1.01. The maximum Gasteiger partial charge on any atom is 0.416 e. The second-order valence-electron chi connectivity index (χ2n) is 7.28. The van der Waals surface area contributed by atoms with Crippen molar-refractivity contribution in [1.29, 1.82) is 0 Å². The number of carbonyl (C=O) groups is 2. The average Bonchev–Trinajstić information content (AvgIpc) is 2.79. The number of aliphatic hydroxyl groups is 1. The van der Waals surface area contributed by atoms with Crippen molar-refractivity contribution in [3.8, 4) is 0 Å². The van der Waals surface area contributed by atoms with Crippen molar-refractivity contribution in [3.05, 3.63) is 72.1 Å². The Labute approximate surface area is 187 Å². The Balaban J connectivity index is 1.49. The molecule has 3 rings (SSSR count). The molecule has 2 heterocycles. The fourth-order valence-corrected chi connectivity index (χ4v) is 3.14. The van der Waals surface area contributed by atoms with Crippen LogP contribution in [-0.2, 0) is 22.3 Å². The van der Waals surface area contributed by atoms with Crippen molar-refractivity contribution < 1.29 is 32.6 Å². The first-order valence-corrected chi connectivity index (χ1v) is 10.1. The average molecular weight is 464 g/mol. The molecule has 2 aromatic rings. The number of aliphatic hydroxyl groups excluding tert-OH is 1. The van der Waals surface area contributed by atoms with E-state index in [-0.39, 0.29) is 24.6 Å². The van der Waals surface area contributed by atoms with Gasteiger partial charge in [-0.05, 0) is 36.4 Å². The van der Waals surface area contributed by atoms with Gasteiger partial charge in [0.05, 0.1) is 43.0 Å². The highest BCUT2D eigenvalue weighted by molar-refractivity contribution is 5.89. The zero-order valence-corrected chi connectivity index (χ0v) is 17.4. The van der Waals surface area contributed by atoms with Crippen LogP contribution in [0.25, 0.3) is 0 Å². The van der Waals surface area contributed by atoms with E-state index in [0.29, 0.717) is 5.69 Å². The van der Waals surface area contributed by atoms with Gasteiger partial charge in [-0.3, -0.25) is 9.78 Å². The number of hydrogen-bond donors (Lipinski definition) is 4. The topological polar surface area (TPSA) is 113 Å². The van der Waals surface area contributed by atoms with Crippen molar-refractivity contribution in [2.45, 2.75) is 37.4 Å². The number of hydrogen-bond acceptors (Lipinski definition) is 5. The third kappa shape index (κ3) is 7.29. The zero-order valence-electron chi connectivity index (χ0n) is 17.4. The third-order valence-corrected chi connectivity index (χ3v) is 4.81. The van der Waals surface area contributed by atoms with Gasteiger partial charge in [0, 0.05) is 11.9 Å². The molecule has 0 aliphatic carbocycles. The molecule has 11 heteroatoms. The number of ether oxygens (including phenoxy) is 1. The SMILES string of the molecule is O=C(C[C@H]1C=C[C@@H](NC(=O)Nc2ccc(C(F)(F)F)cc2)[C@H](CO)O1)NCc1ccccn1. The fourth-order valence-electron chi connectivity index (χ4n) is 3.14. The number of anilines is 1. The number of amides is 3. The molecule has 1 aliphatic rings. The molecule has 176 valence electrons. The molecule has 33 heavy (non-hydrogen) atoms. The lowest BCUT2D eigenvalue weighted by Crippen LogP contribution is -2.50. The highest BCUT2D eigenvalue weighted by Gasteiger charge is 2.31. The largest absolute Gasteiger partial charge is 0.416 e. The minimum absolute atomic E-state index is 0.0182. The molecule has 0 unspecified atom stereocenters. The van der Waals surface area contributed by atoms with Crippen LogP contribution >= 0.6 is 0 Å². The van der Waals surface area contributed by atoms with Gasteiger partial charge in [-0.15, -0.1) is 0 Å². The first-order chi connectivity index (χ1) is 15.7. The molecule has 1 aromatic heterocycles. The molecule has 0 saturated heterocycles. The number of urea groups is 1. The van der Waals surface area contributed by atoms with Gasteiger partial charge in [0.1, 0.15) is 6.10 Å². The summed E-state index contributed by atoms with van der Waals surface area (Å²) in [5.74, 6) is -0.265. The van der Waals surface area contributed by atoms with Gasteiger partial charge < -0.3 is 25.8 Å². The van der Waals surface area contributed by atoms with Crippen LogP contribution in [0.3, 0.4) is 0 Å². The Bertz CT molecular complexity index is 968. The number of rotatable bonds is 7. The lowest BCUT2D eigenvalue weighted by molar-refractivity contribution is -0.137. The van der Waals surface area contributed by atoms with Crippen LogP contribution in [-0.4, -0.2) is 46.9 Å². The van der Waals surface area contributed by atoms with Gasteiger partial charge >= 0.3 is 12.2 Å². The molecule has 0 saturated carbocycles. The van der Waals surface area contributed by atoms with Crippen LogP contribution < -0.4 is 16.0 Å². The van der Waals surface area contributed by atoms with E-state index in [4.69, 9.17) is 4.74 Å². The quantitative estimate of drug-likeness (QED) is 0.471. The lowest BCUT2D eigenvalue weighted by Gasteiger charge is -2.31. The van der Waals surface area contributed by atoms with Gasteiger partial charge in [0.2, 0.25) is 5.91 Å². The van der Waals surface area contributed by atoms with E-state index >= 15 is 0 Å². The summed E-state index contributed by atoms with van der Waals surface area (Å²) >= 11 is 0. The van der Waals surface area contributed by atoms with Crippen molar-refractivity contribution in [1.82, 2.24) is 15.6 Å². The Kier molecular flexibility index (Phi) is 8.01. The monoisotopic (exact) mass is 464 g/mol. The van der Waals surface area contributed by atoms with E-state index < -0.39 is 42.6 Å².